The molecule has 0 aliphatic rings. The highest BCUT2D eigenvalue weighted by atomic mass is 16.6. The Balaban J connectivity index is 2.04. The SMILES string of the molecule is COc1c(O)ccc(C=NNC(=O)COc2cccc(C)c2C)c1[N+](=O)[O-]. The van der Waals surface area contributed by atoms with Crippen molar-refractivity contribution in [2.45, 2.75) is 13.8 Å². The van der Waals surface area contributed by atoms with E-state index in [0.29, 0.717) is 5.75 Å². The van der Waals surface area contributed by atoms with E-state index < -0.39 is 16.5 Å². The van der Waals surface area contributed by atoms with Crippen molar-refractivity contribution < 1.29 is 24.3 Å². The van der Waals surface area contributed by atoms with Gasteiger partial charge in [-0.25, -0.2) is 5.43 Å². The van der Waals surface area contributed by atoms with Crippen molar-refractivity contribution in [2.75, 3.05) is 13.7 Å². The minimum atomic E-state index is -0.703. The Bertz CT molecular complexity index is 895. The van der Waals surface area contributed by atoms with Crippen LogP contribution >= 0.6 is 0 Å². The maximum Gasteiger partial charge on any atom is 0.323 e. The predicted molar refractivity (Wildman–Crippen MR) is 98.5 cm³/mol. The van der Waals surface area contributed by atoms with E-state index in [1.54, 1.807) is 6.07 Å². The molecule has 0 fully saturated rings. The van der Waals surface area contributed by atoms with E-state index in [1.807, 2.05) is 26.0 Å². The van der Waals surface area contributed by atoms with E-state index in [4.69, 9.17) is 9.47 Å². The molecule has 9 heteroatoms. The molecule has 142 valence electrons. The van der Waals surface area contributed by atoms with Crippen LogP contribution in [0.2, 0.25) is 0 Å². The summed E-state index contributed by atoms with van der Waals surface area (Å²) in [5.41, 5.74) is 3.81. The molecule has 2 aromatic carbocycles. The Labute approximate surface area is 155 Å². The highest BCUT2D eigenvalue weighted by Crippen LogP contribution is 2.37. The van der Waals surface area contributed by atoms with Crippen molar-refractivity contribution in [1.29, 1.82) is 0 Å². The van der Waals surface area contributed by atoms with Gasteiger partial charge in [0.25, 0.3) is 5.91 Å². The number of aryl methyl sites for hydroxylation is 1. The second-order valence-electron chi connectivity index (χ2n) is 5.59. The molecule has 2 aromatic rings. The lowest BCUT2D eigenvalue weighted by molar-refractivity contribution is -0.386. The number of hydrazone groups is 1. The fourth-order valence-corrected chi connectivity index (χ4v) is 2.30. The number of nitro benzene ring substituents is 1. The maximum atomic E-state index is 11.9. The minimum Gasteiger partial charge on any atom is -0.504 e. The molecule has 0 radical (unpaired) electrons. The fourth-order valence-electron chi connectivity index (χ4n) is 2.30. The first-order chi connectivity index (χ1) is 12.8. The zero-order chi connectivity index (χ0) is 20.0. The highest BCUT2D eigenvalue weighted by molar-refractivity contribution is 5.89. The van der Waals surface area contributed by atoms with Crippen LogP contribution < -0.4 is 14.9 Å². The number of hydrogen-bond acceptors (Lipinski definition) is 7. The lowest BCUT2D eigenvalue weighted by Gasteiger charge is -2.09. The number of methoxy groups -OCH3 is 1. The molecule has 9 nitrogen and oxygen atoms in total. The van der Waals surface area contributed by atoms with Crippen molar-refractivity contribution >= 4 is 17.8 Å². The Morgan fingerprint density at radius 3 is 2.74 bits per heavy atom. The molecule has 0 atom stereocenters. The zero-order valence-electron chi connectivity index (χ0n) is 15.1. The van der Waals surface area contributed by atoms with Gasteiger partial charge in [-0.15, -0.1) is 0 Å². The number of carbonyl (C=O) groups is 1. The summed E-state index contributed by atoms with van der Waals surface area (Å²) < 4.78 is 10.3. The quantitative estimate of drug-likeness (QED) is 0.436. The molecule has 0 saturated heterocycles. The molecule has 0 saturated carbocycles. The van der Waals surface area contributed by atoms with Gasteiger partial charge in [-0.05, 0) is 43.2 Å². The molecule has 0 spiro atoms. The van der Waals surface area contributed by atoms with Crippen LogP contribution in [0, 0.1) is 24.0 Å². The first-order valence-corrected chi connectivity index (χ1v) is 7.90. The third-order valence-corrected chi connectivity index (χ3v) is 3.84. The fraction of sp³-hybridized carbons (Fsp3) is 0.222. The van der Waals surface area contributed by atoms with Gasteiger partial charge in [0.15, 0.2) is 12.4 Å². The van der Waals surface area contributed by atoms with Crippen molar-refractivity contribution in [3.05, 3.63) is 57.1 Å². The Kier molecular flexibility index (Phi) is 6.32. The molecule has 0 bridgehead atoms. The third kappa shape index (κ3) is 4.72. The average Bonchev–Trinajstić information content (AvgIpc) is 2.63. The third-order valence-electron chi connectivity index (χ3n) is 3.84. The molecule has 0 heterocycles. The van der Waals surface area contributed by atoms with Gasteiger partial charge in [0.05, 0.1) is 23.8 Å². The van der Waals surface area contributed by atoms with Gasteiger partial charge in [-0.2, -0.15) is 5.10 Å². The molecule has 0 aliphatic carbocycles. The number of benzene rings is 2. The number of amides is 1. The van der Waals surface area contributed by atoms with Gasteiger partial charge in [0.2, 0.25) is 5.75 Å². The summed E-state index contributed by atoms with van der Waals surface area (Å²) in [4.78, 5) is 22.4. The highest BCUT2D eigenvalue weighted by Gasteiger charge is 2.23. The number of ether oxygens (including phenoxy) is 2. The normalized spacial score (nSPS) is 10.6. The molecule has 2 rings (SSSR count). The summed E-state index contributed by atoms with van der Waals surface area (Å²) >= 11 is 0. The molecular formula is C18H19N3O6. The van der Waals surface area contributed by atoms with Gasteiger partial charge < -0.3 is 14.6 Å². The summed E-state index contributed by atoms with van der Waals surface area (Å²) in [7, 11) is 1.20. The van der Waals surface area contributed by atoms with Crippen molar-refractivity contribution in [2.24, 2.45) is 5.10 Å². The Morgan fingerprint density at radius 1 is 1.33 bits per heavy atom. The molecule has 2 N–H and O–H groups in total. The van der Waals surface area contributed by atoms with Crippen LogP contribution in [0.1, 0.15) is 16.7 Å². The van der Waals surface area contributed by atoms with E-state index in [0.717, 1.165) is 17.3 Å². The second-order valence-corrected chi connectivity index (χ2v) is 5.59. The first kappa shape index (κ1) is 19.7. The monoisotopic (exact) mass is 373 g/mol. The smallest absolute Gasteiger partial charge is 0.323 e. The molecule has 0 aromatic heterocycles. The summed E-state index contributed by atoms with van der Waals surface area (Å²) in [6, 6.07) is 8.04. The summed E-state index contributed by atoms with van der Waals surface area (Å²) in [6.07, 6.45) is 1.09. The zero-order valence-corrected chi connectivity index (χ0v) is 15.1. The number of nitro groups is 1. The summed E-state index contributed by atoms with van der Waals surface area (Å²) in [5, 5.41) is 24.5. The van der Waals surface area contributed by atoms with E-state index in [1.165, 1.54) is 19.2 Å². The Hall–Kier alpha value is -3.62. The number of carbonyl (C=O) groups excluding carboxylic acids is 1. The predicted octanol–water partition coefficient (Wildman–Crippen LogP) is 2.45. The van der Waals surface area contributed by atoms with Crippen LogP contribution in [-0.2, 0) is 4.79 Å². The molecule has 1 amide bonds. The molecular weight excluding hydrogens is 354 g/mol. The lowest BCUT2D eigenvalue weighted by Crippen LogP contribution is -2.24. The topological polar surface area (TPSA) is 123 Å². The van der Waals surface area contributed by atoms with Crippen molar-refractivity contribution in [1.82, 2.24) is 5.43 Å². The minimum absolute atomic E-state index is 0.0606. The van der Waals surface area contributed by atoms with Crippen LogP contribution in [0.15, 0.2) is 35.4 Å². The van der Waals surface area contributed by atoms with Crippen molar-refractivity contribution in [3.8, 4) is 17.2 Å². The van der Waals surface area contributed by atoms with Gasteiger partial charge in [0, 0.05) is 0 Å². The number of hydrogen-bond donors (Lipinski definition) is 2. The maximum absolute atomic E-state index is 11.9. The number of aromatic hydroxyl groups is 1. The molecule has 0 aliphatic heterocycles. The van der Waals surface area contributed by atoms with Gasteiger partial charge in [-0.3, -0.25) is 14.9 Å². The molecule has 0 unspecified atom stereocenters. The number of nitrogens with zero attached hydrogens (tertiary/aromatic N) is 2. The number of phenolic OH excluding ortho intramolecular Hbond substituents is 1. The average molecular weight is 373 g/mol. The first-order valence-electron chi connectivity index (χ1n) is 7.90. The summed E-state index contributed by atoms with van der Waals surface area (Å²) in [6.45, 7) is 3.56. The van der Waals surface area contributed by atoms with Gasteiger partial charge >= 0.3 is 5.69 Å². The van der Waals surface area contributed by atoms with Crippen LogP contribution in [-0.4, -0.2) is 35.9 Å². The number of phenols is 1. The van der Waals surface area contributed by atoms with E-state index in [9.17, 15) is 20.0 Å². The van der Waals surface area contributed by atoms with Crippen LogP contribution in [0.25, 0.3) is 0 Å². The standard InChI is InChI=1S/C18H19N3O6/c1-11-5-4-6-15(12(11)2)27-10-16(23)20-19-9-13-7-8-14(22)18(26-3)17(13)21(24)25/h4-9,22H,10H2,1-3H3,(H,20,23). The second kappa shape index (κ2) is 8.65. The lowest BCUT2D eigenvalue weighted by atomic mass is 10.1. The summed E-state index contributed by atoms with van der Waals surface area (Å²) in [5.74, 6) is -0.588. The van der Waals surface area contributed by atoms with E-state index in [-0.39, 0.29) is 23.7 Å². The van der Waals surface area contributed by atoms with Crippen LogP contribution in [0.3, 0.4) is 0 Å². The van der Waals surface area contributed by atoms with Crippen LogP contribution in [0.5, 0.6) is 17.2 Å². The molecule has 27 heavy (non-hydrogen) atoms. The van der Waals surface area contributed by atoms with E-state index >= 15 is 0 Å². The van der Waals surface area contributed by atoms with Gasteiger partial charge in [0.1, 0.15) is 5.75 Å². The number of nitrogens with one attached hydrogen (secondary N) is 1. The number of rotatable bonds is 7. The van der Waals surface area contributed by atoms with Gasteiger partial charge in [-0.1, -0.05) is 12.1 Å². The Morgan fingerprint density at radius 2 is 2.07 bits per heavy atom. The van der Waals surface area contributed by atoms with Crippen molar-refractivity contribution in [3.63, 3.8) is 0 Å². The van der Waals surface area contributed by atoms with Crippen LogP contribution in [0.4, 0.5) is 5.69 Å². The van der Waals surface area contributed by atoms with E-state index in [2.05, 4.69) is 10.5 Å². The largest absolute Gasteiger partial charge is 0.504 e.